The highest BCUT2D eigenvalue weighted by molar-refractivity contribution is 5.83. The lowest BCUT2D eigenvalue weighted by molar-refractivity contribution is -0.132. The van der Waals surface area contributed by atoms with Crippen LogP contribution in [-0.4, -0.2) is 49.6 Å². The van der Waals surface area contributed by atoms with Gasteiger partial charge in [0.05, 0.1) is 5.41 Å². The van der Waals surface area contributed by atoms with Gasteiger partial charge >= 0.3 is 0 Å². The molecule has 0 bridgehead atoms. The van der Waals surface area contributed by atoms with Crippen LogP contribution in [0.4, 0.5) is 0 Å². The van der Waals surface area contributed by atoms with Gasteiger partial charge in [0.2, 0.25) is 5.91 Å². The average Bonchev–Trinajstić information content (AvgIpc) is 2.95. The normalized spacial score (nSPS) is 30.8. The standard InChI is InChI=1S/C17H33N3O/c1-4-7-17(8-5-9-18-13-17)16(21)19-11-15-6-10-20(12-15)14(2)3/h14-15,18H,4-13H2,1-3H3,(H,19,21). The molecule has 0 radical (unpaired) electrons. The van der Waals surface area contributed by atoms with E-state index in [0.717, 1.165) is 51.9 Å². The van der Waals surface area contributed by atoms with Gasteiger partial charge in [-0.3, -0.25) is 4.79 Å². The van der Waals surface area contributed by atoms with E-state index < -0.39 is 0 Å². The van der Waals surface area contributed by atoms with Crippen LogP contribution in [-0.2, 0) is 4.79 Å². The van der Waals surface area contributed by atoms with Crippen molar-refractivity contribution in [1.29, 1.82) is 0 Å². The zero-order chi connectivity index (χ0) is 15.3. The molecule has 2 atom stereocenters. The van der Waals surface area contributed by atoms with Crippen LogP contribution < -0.4 is 10.6 Å². The second-order valence-corrected chi connectivity index (χ2v) is 7.26. The van der Waals surface area contributed by atoms with E-state index in [1.165, 1.54) is 13.0 Å². The van der Waals surface area contributed by atoms with Gasteiger partial charge in [-0.1, -0.05) is 13.3 Å². The molecular weight excluding hydrogens is 262 g/mol. The fourth-order valence-electron chi connectivity index (χ4n) is 3.89. The van der Waals surface area contributed by atoms with Gasteiger partial charge in [-0.05, 0) is 58.5 Å². The molecule has 0 saturated carbocycles. The Bertz CT molecular complexity index is 331. The first-order valence-corrected chi connectivity index (χ1v) is 8.80. The quantitative estimate of drug-likeness (QED) is 0.788. The fraction of sp³-hybridized carbons (Fsp3) is 0.941. The van der Waals surface area contributed by atoms with Crippen molar-refractivity contribution in [1.82, 2.24) is 15.5 Å². The smallest absolute Gasteiger partial charge is 0.227 e. The Labute approximate surface area is 130 Å². The molecule has 2 aliphatic rings. The van der Waals surface area contributed by atoms with Gasteiger partial charge in [0, 0.05) is 25.7 Å². The molecule has 2 unspecified atom stereocenters. The summed E-state index contributed by atoms with van der Waals surface area (Å²) < 4.78 is 0. The van der Waals surface area contributed by atoms with Crippen molar-refractivity contribution < 1.29 is 4.79 Å². The van der Waals surface area contributed by atoms with E-state index in [9.17, 15) is 4.79 Å². The van der Waals surface area contributed by atoms with Crippen LogP contribution in [0.25, 0.3) is 0 Å². The van der Waals surface area contributed by atoms with Crippen LogP contribution in [0.5, 0.6) is 0 Å². The second kappa shape index (κ2) is 7.59. The highest BCUT2D eigenvalue weighted by atomic mass is 16.2. The van der Waals surface area contributed by atoms with Crippen LogP contribution >= 0.6 is 0 Å². The predicted molar refractivity (Wildman–Crippen MR) is 87.3 cm³/mol. The molecule has 2 rings (SSSR count). The molecule has 2 fully saturated rings. The van der Waals surface area contributed by atoms with Crippen molar-refractivity contribution in [2.75, 3.05) is 32.7 Å². The Hall–Kier alpha value is -0.610. The Morgan fingerprint density at radius 1 is 1.48 bits per heavy atom. The number of piperidine rings is 1. The van der Waals surface area contributed by atoms with Gasteiger partial charge in [0.25, 0.3) is 0 Å². The van der Waals surface area contributed by atoms with Crippen molar-refractivity contribution in [3.63, 3.8) is 0 Å². The molecule has 21 heavy (non-hydrogen) atoms. The number of likely N-dealkylation sites (tertiary alicyclic amines) is 1. The number of nitrogens with one attached hydrogen (secondary N) is 2. The van der Waals surface area contributed by atoms with Gasteiger partial charge in [0.1, 0.15) is 0 Å². The monoisotopic (exact) mass is 295 g/mol. The van der Waals surface area contributed by atoms with Crippen LogP contribution in [0.3, 0.4) is 0 Å². The minimum Gasteiger partial charge on any atom is -0.355 e. The summed E-state index contributed by atoms with van der Waals surface area (Å²) in [6.45, 7) is 11.8. The Morgan fingerprint density at radius 3 is 2.86 bits per heavy atom. The van der Waals surface area contributed by atoms with Gasteiger partial charge in [-0.25, -0.2) is 0 Å². The molecule has 4 nitrogen and oxygen atoms in total. The van der Waals surface area contributed by atoms with Crippen molar-refractivity contribution in [3.05, 3.63) is 0 Å². The van der Waals surface area contributed by atoms with E-state index in [4.69, 9.17) is 0 Å². The molecule has 0 aromatic heterocycles. The number of carbonyl (C=O) groups is 1. The molecular formula is C17H33N3O. The summed E-state index contributed by atoms with van der Waals surface area (Å²) in [4.78, 5) is 15.2. The third-order valence-electron chi connectivity index (χ3n) is 5.28. The lowest BCUT2D eigenvalue weighted by Gasteiger charge is -2.36. The van der Waals surface area contributed by atoms with Crippen LogP contribution in [0.15, 0.2) is 0 Å². The first-order valence-electron chi connectivity index (χ1n) is 8.80. The van der Waals surface area contributed by atoms with E-state index in [-0.39, 0.29) is 5.41 Å². The first kappa shape index (κ1) is 16.8. The number of carbonyl (C=O) groups excluding carboxylic acids is 1. The maximum Gasteiger partial charge on any atom is 0.227 e. The summed E-state index contributed by atoms with van der Waals surface area (Å²) in [7, 11) is 0. The highest BCUT2D eigenvalue weighted by Gasteiger charge is 2.38. The molecule has 2 heterocycles. The number of hydrogen-bond donors (Lipinski definition) is 2. The summed E-state index contributed by atoms with van der Waals surface area (Å²) in [5.41, 5.74) is -0.149. The largest absolute Gasteiger partial charge is 0.355 e. The SMILES string of the molecule is CCCC1(C(=O)NCC2CCN(C(C)C)C2)CCCNC1. The van der Waals surface area contributed by atoms with Gasteiger partial charge in [0.15, 0.2) is 0 Å². The third-order valence-corrected chi connectivity index (χ3v) is 5.28. The van der Waals surface area contributed by atoms with Crippen molar-refractivity contribution in [2.45, 2.75) is 58.9 Å². The van der Waals surface area contributed by atoms with Crippen molar-refractivity contribution >= 4 is 5.91 Å². The van der Waals surface area contributed by atoms with E-state index in [2.05, 4.69) is 36.3 Å². The summed E-state index contributed by atoms with van der Waals surface area (Å²) >= 11 is 0. The number of nitrogens with zero attached hydrogens (tertiary/aromatic N) is 1. The summed E-state index contributed by atoms with van der Waals surface area (Å²) in [6.07, 6.45) is 5.48. The van der Waals surface area contributed by atoms with E-state index in [0.29, 0.717) is 17.9 Å². The number of hydrogen-bond acceptors (Lipinski definition) is 3. The van der Waals surface area contributed by atoms with E-state index in [1.807, 2.05) is 0 Å². The van der Waals surface area contributed by atoms with Gasteiger partial charge < -0.3 is 15.5 Å². The third kappa shape index (κ3) is 4.19. The van der Waals surface area contributed by atoms with E-state index in [1.54, 1.807) is 0 Å². The first-order chi connectivity index (χ1) is 10.1. The lowest BCUT2D eigenvalue weighted by atomic mass is 9.76. The molecule has 2 saturated heterocycles. The minimum atomic E-state index is -0.149. The second-order valence-electron chi connectivity index (χ2n) is 7.26. The minimum absolute atomic E-state index is 0.149. The highest BCUT2D eigenvalue weighted by Crippen LogP contribution is 2.32. The van der Waals surface area contributed by atoms with E-state index >= 15 is 0 Å². The summed E-state index contributed by atoms with van der Waals surface area (Å²) in [6, 6.07) is 0.625. The zero-order valence-electron chi connectivity index (χ0n) is 14.1. The Balaban J connectivity index is 1.82. The maximum atomic E-state index is 12.7. The summed E-state index contributed by atoms with van der Waals surface area (Å²) in [5.74, 6) is 0.922. The topological polar surface area (TPSA) is 44.4 Å². The van der Waals surface area contributed by atoms with Crippen molar-refractivity contribution in [2.24, 2.45) is 11.3 Å². The molecule has 122 valence electrons. The van der Waals surface area contributed by atoms with Crippen molar-refractivity contribution in [3.8, 4) is 0 Å². The molecule has 0 spiro atoms. The average molecular weight is 295 g/mol. The molecule has 4 heteroatoms. The predicted octanol–water partition coefficient (Wildman–Crippen LogP) is 2.00. The van der Waals surface area contributed by atoms with Crippen LogP contribution in [0.2, 0.25) is 0 Å². The maximum absolute atomic E-state index is 12.7. The number of rotatable bonds is 6. The Morgan fingerprint density at radius 2 is 2.29 bits per heavy atom. The van der Waals surface area contributed by atoms with Crippen LogP contribution in [0.1, 0.15) is 52.9 Å². The zero-order valence-corrected chi connectivity index (χ0v) is 14.1. The number of amides is 1. The molecule has 2 N–H and O–H groups in total. The lowest BCUT2D eigenvalue weighted by Crippen LogP contribution is -2.51. The molecule has 2 aliphatic heterocycles. The molecule has 0 aliphatic carbocycles. The molecule has 0 aromatic carbocycles. The van der Waals surface area contributed by atoms with Gasteiger partial charge in [-0.15, -0.1) is 0 Å². The van der Waals surface area contributed by atoms with Gasteiger partial charge in [-0.2, -0.15) is 0 Å². The summed E-state index contributed by atoms with van der Waals surface area (Å²) in [5, 5.41) is 6.70. The molecule has 0 aromatic rings. The molecule has 1 amide bonds. The Kier molecular flexibility index (Phi) is 6.06. The van der Waals surface area contributed by atoms with Crippen LogP contribution in [0, 0.1) is 11.3 Å². The fourth-order valence-corrected chi connectivity index (χ4v) is 3.89.